The highest BCUT2D eigenvalue weighted by molar-refractivity contribution is 5.29. The van der Waals surface area contributed by atoms with E-state index >= 15 is 0 Å². The number of nitrogens with zero attached hydrogens (tertiary/aromatic N) is 2. The molecule has 0 aliphatic heterocycles. The Kier molecular flexibility index (Phi) is 5.18. The molecule has 114 valence electrons. The number of benzene rings is 1. The Balaban J connectivity index is 2.22. The lowest BCUT2D eigenvalue weighted by Crippen LogP contribution is -2.19. The van der Waals surface area contributed by atoms with E-state index in [1.165, 1.54) is 22.4 Å². The summed E-state index contributed by atoms with van der Waals surface area (Å²) in [5, 5.41) is 8.21. The SMILES string of the molecule is CCNC(C)c1c(C)nn(Cc2ccc(CC)cc2)c1C. The van der Waals surface area contributed by atoms with Gasteiger partial charge in [-0.2, -0.15) is 5.10 Å². The van der Waals surface area contributed by atoms with Crippen molar-refractivity contribution in [2.24, 2.45) is 0 Å². The standard InChI is InChI=1S/C18H27N3/c1-6-16-8-10-17(11-9-16)12-21-15(5)18(14(4)20-21)13(3)19-7-2/h8-11,13,19H,6-7,12H2,1-5H3. The van der Waals surface area contributed by atoms with Crippen molar-refractivity contribution in [3.63, 3.8) is 0 Å². The second kappa shape index (κ2) is 6.90. The second-order valence-electron chi connectivity index (χ2n) is 5.69. The Labute approximate surface area is 128 Å². The molecule has 0 spiro atoms. The Morgan fingerprint density at radius 3 is 2.29 bits per heavy atom. The third-order valence-corrected chi connectivity index (χ3v) is 4.14. The third-order valence-electron chi connectivity index (χ3n) is 4.14. The highest BCUT2D eigenvalue weighted by atomic mass is 15.3. The maximum Gasteiger partial charge on any atom is 0.0662 e. The first-order valence-corrected chi connectivity index (χ1v) is 7.91. The molecular weight excluding hydrogens is 258 g/mol. The molecule has 0 bridgehead atoms. The first kappa shape index (κ1) is 15.8. The van der Waals surface area contributed by atoms with Crippen molar-refractivity contribution >= 4 is 0 Å². The smallest absolute Gasteiger partial charge is 0.0662 e. The molecule has 0 fully saturated rings. The Bertz CT molecular complexity index is 581. The summed E-state index contributed by atoms with van der Waals surface area (Å²) in [7, 11) is 0. The van der Waals surface area contributed by atoms with Crippen LogP contribution < -0.4 is 5.32 Å². The van der Waals surface area contributed by atoms with Gasteiger partial charge in [0.2, 0.25) is 0 Å². The van der Waals surface area contributed by atoms with Crippen LogP contribution in [0, 0.1) is 13.8 Å². The molecule has 2 aromatic rings. The lowest BCUT2D eigenvalue weighted by atomic mass is 10.1. The Morgan fingerprint density at radius 1 is 1.10 bits per heavy atom. The molecule has 0 radical (unpaired) electrons. The zero-order valence-electron chi connectivity index (χ0n) is 13.9. The molecule has 1 unspecified atom stereocenters. The van der Waals surface area contributed by atoms with Crippen LogP contribution in [0.15, 0.2) is 24.3 Å². The molecular formula is C18H27N3. The quantitative estimate of drug-likeness (QED) is 0.875. The van der Waals surface area contributed by atoms with E-state index in [4.69, 9.17) is 5.10 Å². The van der Waals surface area contributed by atoms with E-state index in [2.05, 4.69) is 68.9 Å². The highest BCUT2D eigenvalue weighted by Gasteiger charge is 2.16. The van der Waals surface area contributed by atoms with E-state index in [0.717, 1.165) is 25.2 Å². The van der Waals surface area contributed by atoms with Gasteiger partial charge in [0.15, 0.2) is 0 Å². The number of rotatable bonds is 6. The molecule has 0 amide bonds. The predicted octanol–water partition coefficient (Wildman–Crippen LogP) is 3.78. The molecule has 21 heavy (non-hydrogen) atoms. The number of hydrogen-bond acceptors (Lipinski definition) is 2. The second-order valence-corrected chi connectivity index (χ2v) is 5.69. The lowest BCUT2D eigenvalue weighted by Gasteiger charge is -2.13. The summed E-state index contributed by atoms with van der Waals surface area (Å²) in [4.78, 5) is 0. The van der Waals surface area contributed by atoms with Crippen LogP contribution in [0.1, 0.15) is 54.9 Å². The summed E-state index contributed by atoms with van der Waals surface area (Å²) in [5.41, 5.74) is 6.42. The fraction of sp³-hybridized carbons (Fsp3) is 0.500. The lowest BCUT2D eigenvalue weighted by molar-refractivity contribution is 0.589. The van der Waals surface area contributed by atoms with Crippen LogP contribution in [0.4, 0.5) is 0 Å². The zero-order valence-corrected chi connectivity index (χ0v) is 13.9. The van der Waals surface area contributed by atoms with Gasteiger partial charge in [-0.15, -0.1) is 0 Å². The van der Waals surface area contributed by atoms with E-state index in [0.29, 0.717) is 6.04 Å². The monoisotopic (exact) mass is 285 g/mol. The molecule has 1 N–H and O–H groups in total. The van der Waals surface area contributed by atoms with Gasteiger partial charge in [-0.3, -0.25) is 4.68 Å². The van der Waals surface area contributed by atoms with Gasteiger partial charge in [-0.25, -0.2) is 0 Å². The zero-order chi connectivity index (χ0) is 15.4. The first-order valence-electron chi connectivity index (χ1n) is 7.91. The third kappa shape index (κ3) is 3.53. The summed E-state index contributed by atoms with van der Waals surface area (Å²) in [5.74, 6) is 0. The normalized spacial score (nSPS) is 12.6. The molecule has 3 nitrogen and oxygen atoms in total. The summed E-state index contributed by atoms with van der Waals surface area (Å²) < 4.78 is 2.12. The van der Waals surface area contributed by atoms with Crippen LogP contribution in [-0.4, -0.2) is 16.3 Å². The van der Waals surface area contributed by atoms with E-state index < -0.39 is 0 Å². The molecule has 1 atom stereocenters. The van der Waals surface area contributed by atoms with Gasteiger partial charge < -0.3 is 5.32 Å². The number of aromatic nitrogens is 2. The Hall–Kier alpha value is -1.61. The number of aryl methyl sites for hydroxylation is 2. The van der Waals surface area contributed by atoms with Gasteiger partial charge in [-0.1, -0.05) is 38.1 Å². The molecule has 0 saturated carbocycles. The van der Waals surface area contributed by atoms with Gasteiger partial charge >= 0.3 is 0 Å². The molecule has 2 rings (SSSR count). The minimum absolute atomic E-state index is 0.353. The average Bonchev–Trinajstić information content (AvgIpc) is 2.74. The number of hydrogen-bond donors (Lipinski definition) is 1. The van der Waals surface area contributed by atoms with Crippen molar-refractivity contribution in [1.82, 2.24) is 15.1 Å². The minimum Gasteiger partial charge on any atom is -0.310 e. The minimum atomic E-state index is 0.353. The van der Waals surface area contributed by atoms with Crippen molar-refractivity contribution in [3.05, 3.63) is 52.3 Å². The summed E-state index contributed by atoms with van der Waals surface area (Å²) in [6, 6.07) is 9.20. The van der Waals surface area contributed by atoms with Gasteiger partial charge in [0, 0.05) is 17.3 Å². The van der Waals surface area contributed by atoms with E-state index in [1.807, 2.05) is 0 Å². The van der Waals surface area contributed by atoms with Gasteiger partial charge in [0.25, 0.3) is 0 Å². The Morgan fingerprint density at radius 2 is 1.71 bits per heavy atom. The highest BCUT2D eigenvalue weighted by Crippen LogP contribution is 2.22. The van der Waals surface area contributed by atoms with E-state index in [-0.39, 0.29) is 0 Å². The van der Waals surface area contributed by atoms with E-state index in [1.54, 1.807) is 0 Å². The topological polar surface area (TPSA) is 29.9 Å². The fourth-order valence-corrected chi connectivity index (χ4v) is 2.95. The molecule has 1 aromatic heterocycles. The van der Waals surface area contributed by atoms with Crippen molar-refractivity contribution in [1.29, 1.82) is 0 Å². The van der Waals surface area contributed by atoms with Gasteiger partial charge in [0.1, 0.15) is 0 Å². The van der Waals surface area contributed by atoms with Crippen molar-refractivity contribution in [2.75, 3.05) is 6.54 Å². The van der Waals surface area contributed by atoms with Crippen LogP contribution in [0.2, 0.25) is 0 Å². The molecule has 3 heteroatoms. The van der Waals surface area contributed by atoms with Crippen LogP contribution in [0.5, 0.6) is 0 Å². The van der Waals surface area contributed by atoms with Crippen molar-refractivity contribution in [3.8, 4) is 0 Å². The summed E-state index contributed by atoms with van der Waals surface area (Å²) >= 11 is 0. The number of nitrogens with one attached hydrogen (secondary N) is 1. The van der Waals surface area contributed by atoms with Crippen LogP contribution in [0.3, 0.4) is 0 Å². The van der Waals surface area contributed by atoms with Gasteiger partial charge in [0.05, 0.1) is 12.2 Å². The largest absolute Gasteiger partial charge is 0.310 e. The van der Waals surface area contributed by atoms with E-state index in [9.17, 15) is 0 Å². The first-order chi connectivity index (χ1) is 10.1. The van der Waals surface area contributed by atoms with Crippen LogP contribution in [-0.2, 0) is 13.0 Å². The maximum atomic E-state index is 4.73. The van der Waals surface area contributed by atoms with Gasteiger partial charge in [-0.05, 0) is 44.9 Å². The fourth-order valence-electron chi connectivity index (χ4n) is 2.95. The molecule has 0 aliphatic carbocycles. The molecule has 1 aromatic carbocycles. The van der Waals surface area contributed by atoms with Crippen molar-refractivity contribution in [2.45, 2.75) is 53.6 Å². The molecule has 0 aliphatic rings. The average molecular weight is 285 g/mol. The van der Waals surface area contributed by atoms with Crippen LogP contribution >= 0.6 is 0 Å². The summed E-state index contributed by atoms with van der Waals surface area (Å²) in [6.45, 7) is 12.6. The maximum absolute atomic E-state index is 4.73. The van der Waals surface area contributed by atoms with Crippen molar-refractivity contribution < 1.29 is 0 Å². The summed E-state index contributed by atoms with van der Waals surface area (Å²) in [6.07, 6.45) is 1.09. The molecule has 1 heterocycles. The predicted molar refractivity (Wildman–Crippen MR) is 88.7 cm³/mol. The molecule has 0 saturated heterocycles. The van der Waals surface area contributed by atoms with Crippen LogP contribution in [0.25, 0.3) is 0 Å².